The van der Waals surface area contributed by atoms with E-state index in [1.165, 1.54) is 0 Å². The molecule has 1 atom stereocenters. The standard InChI is InChI=1S/C19H21N3O4/c20-18(24)16-12-22(9-10-26-16)17(23)7-8-21-19(25)15-6-5-13-3-1-2-4-14(13)11-15/h1-6,11,16H,7-10,12H2,(H2,20,24)(H,21,25)/t16-/m0/s1. The minimum Gasteiger partial charge on any atom is -0.367 e. The first-order valence-corrected chi connectivity index (χ1v) is 8.50. The number of hydrogen-bond donors (Lipinski definition) is 2. The van der Waals surface area contributed by atoms with Gasteiger partial charge in [-0.2, -0.15) is 0 Å². The first kappa shape index (κ1) is 17.9. The largest absolute Gasteiger partial charge is 0.367 e. The van der Waals surface area contributed by atoms with E-state index >= 15 is 0 Å². The van der Waals surface area contributed by atoms with Crippen molar-refractivity contribution in [1.29, 1.82) is 0 Å². The van der Waals surface area contributed by atoms with Crippen molar-refractivity contribution in [2.24, 2.45) is 5.73 Å². The Morgan fingerprint density at radius 1 is 1.15 bits per heavy atom. The topological polar surface area (TPSA) is 102 Å². The number of rotatable bonds is 5. The van der Waals surface area contributed by atoms with Crippen LogP contribution in [0.1, 0.15) is 16.8 Å². The number of morpholine rings is 1. The highest BCUT2D eigenvalue weighted by molar-refractivity contribution is 5.98. The van der Waals surface area contributed by atoms with Crippen LogP contribution in [0.25, 0.3) is 10.8 Å². The molecule has 7 nitrogen and oxygen atoms in total. The number of benzene rings is 2. The Labute approximate surface area is 151 Å². The Hall–Kier alpha value is -2.93. The van der Waals surface area contributed by atoms with Gasteiger partial charge in [0, 0.05) is 25.1 Å². The molecule has 0 aromatic heterocycles. The fourth-order valence-electron chi connectivity index (χ4n) is 2.92. The van der Waals surface area contributed by atoms with E-state index < -0.39 is 12.0 Å². The zero-order valence-corrected chi connectivity index (χ0v) is 14.3. The second-order valence-electron chi connectivity index (χ2n) is 6.17. The molecule has 7 heteroatoms. The first-order chi connectivity index (χ1) is 12.5. The molecule has 3 rings (SSSR count). The van der Waals surface area contributed by atoms with Crippen LogP contribution in [0.3, 0.4) is 0 Å². The van der Waals surface area contributed by atoms with Crippen molar-refractivity contribution < 1.29 is 19.1 Å². The van der Waals surface area contributed by atoms with Crippen LogP contribution in [0.5, 0.6) is 0 Å². The van der Waals surface area contributed by atoms with Crippen molar-refractivity contribution in [1.82, 2.24) is 10.2 Å². The molecule has 136 valence electrons. The van der Waals surface area contributed by atoms with Crippen LogP contribution >= 0.6 is 0 Å². The lowest BCUT2D eigenvalue weighted by atomic mass is 10.1. The van der Waals surface area contributed by atoms with Gasteiger partial charge in [-0.1, -0.05) is 30.3 Å². The molecule has 1 aliphatic heterocycles. The van der Waals surface area contributed by atoms with Gasteiger partial charge >= 0.3 is 0 Å². The van der Waals surface area contributed by atoms with Crippen LogP contribution in [0, 0.1) is 0 Å². The lowest BCUT2D eigenvalue weighted by molar-refractivity contribution is -0.145. The Balaban J connectivity index is 1.51. The van der Waals surface area contributed by atoms with Crippen LogP contribution < -0.4 is 11.1 Å². The molecule has 3 N–H and O–H groups in total. The third-order valence-electron chi connectivity index (χ3n) is 4.37. The average molecular weight is 355 g/mol. The molecular formula is C19H21N3O4. The molecule has 0 spiro atoms. The summed E-state index contributed by atoms with van der Waals surface area (Å²) in [5.41, 5.74) is 5.77. The second-order valence-corrected chi connectivity index (χ2v) is 6.17. The molecule has 1 aliphatic rings. The smallest absolute Gasteiger partial charge is 0.251 e. The molecule has 2 aromatic rings. The van der Waals surface area contributed by atoms with E-state index in [1.807, 2.05) is 36.4 Å². The number of carbonyl (C=O) groups is 3. The lowest BCUT2D eigenvalue weighted by Gasteiger charge is -2.31. The zero-order chi connectivity index (χ0) is 18.5. The predicted molar refractivity (Wildman–Crippen MR) is 96.4 cm³/mol. The molecule has 0 radical (unpaired) electrons. The zero-order valence-electron chi connectivity index (χ0n) is 14.3. The summed E-state index contributed by atoms with van der Waals surface area (Å²) in [5, 5.41) is 4.81. The SMILES string of the molecule is NC(=O)[C@@H]1CN(C(=O)CCNC(=O)c2ccc3ccccc3c2)CCO1. The minimum absolute atomic E-state index is 0.140. The molecule has 0 aliphatic carbocycles. The van der Waals surface area contributed by atoms with Crippen LogP contribution in [-0.2, 0) is 14.3 Å². The van der Waals surface area contributed by atoms with Gasteiger partial charge in [0.15, 0.2) is 6.10 Å². The fraction of sp³-hybridized carbons (Fsp3) is 0.316. The van der Waals surface area contributed by atoms with E-state index in [0.29, 0.717) is 12.1 Å². The van der Waals surface area contributed by atoms with E-state index in [1.54, 1.807) is 11.0 Å². The summed E-state index contributed by atoms with van der Waals surface area (Å²) in [4.78, 5) is 37.2. The summed E-state index contributed by atoms with van der Waals surface area (Å²) in [5.74, 6) is -0.939. The number of nitrogens with two attached hydrogens (primary N) is 1. The minimum atomic E-state index is -0.764. The maximum Gasteiger partial charge on any atom is 0.251 e. The number of nitrogens with one attached hydrogen (secondary N) is 1. The van der Waals surface area contributed by atoms with E-state index in [0.717, 1.165) is 10.8 Å². The number of ether oxygens (including phenoxy) is 1. The van der Waals surface area contributed by atoms with Crippen molar-refractivity contribution in [3.05, 3.63) is 48.0 Å². The van der Waals surface area contributed by atoms with Crippen LogP contribution in [0.15, 0.2) is 42.5 Å². The van der Waals surface area contributed by atoms with Gasteiger partial charge < -0.3 is 20.7 Å². The monoisotopic (exact) mass is 355 g/mol. The van der Waals surface area contributed by atoms with Crippen LogP contribution in [0.2, 0.25) is 0 Å². The van der Waals surface area contributed by atoms with Crippen molar-refractivity contribution in [2.75, 3.05) is 26.2 Å². The number of fused-ring (bicyclic) bond motifs is 1. The number of nitrogens with zero attached hydrogens (tertiary/aromatic N) is 1. The molecule has 1 heterocycles. The molecule has 0 saturated carbocycles. The summed E-state index contributed by atoms with van der Waals surface area (Å²) < 4.78 is 5.22. The highest BCUT2D eigenvalue weighted by Crippen LogP contribution is 2.15. The lowest BCUT2D eigenvalue weighted by Crippen LogP contribution is -2.50. The van der Waals surface area contributed by atoms with Gasteiger partial charge in [0.05, 0.1) is 13.2 Å². The van der Waals surface area contributed by atoms with E-state index in [2.05, 4.69) is 5.32 Å². The Bertz CT molecular complexity index is 836. The van der Waals surface area contributed by atoms with E-state index in [-0.39, 0.29) is 37.9 Å². The second kappa shape index (κ2) is 7.97. The summed E-state index contributed by atoms with van der Waals surface area (Å²) in [6.45, 7) is 1.08. The van der Waals surface area contributed by atoms with Gasteiger partial charge in [0.1, 0.15) is 0 Å². The molecule has 2 aromatic carbocycles. The molecule has 0 unspecified atom stereocenters. The van der Waals surface area contributed by atoms with E-state index in [4.69, 9.17) is 10.5 Å². The highest BCUT2D eigenvalue weighted by Gasteiger charge is 2.27. The number of primary amides is 1. The molecule has 1 fully saturated rings. The van der Waals surface area contributed by atoms with Gasteiger partial charge in [-0.25, -0.2) is 0 Å². The van der Waals surface area contributed by atoms with Crippen molar-refractivity contribution in [3.8, 4) is 0 Å². The average Bonchev–Trinajstić information content (AvgIpc) is 2.67. The predicted octanol–water partition coefficient (Wildman–Crippen LogP) is 0.672. The first-order valence-electron chi connectivity index (χ1n) is 8.50. The van der Waals surface area contributed by atoms with E-state index in [9.17, 15) is 14.4 Å². The van der Waals surface area contributed by atoms with Gasteiger partial charge in [-0.15, -0.1) is 0 Å². The Morgan fingerprint density at radius 2 is 1.92 bits per heavy atom. The molecule has 26 heavy (non-hydrogen) atoms. The maximum absolute atomic E-state index is 12.3. The summed E-state index contributed by atoms with van der Waals surface area (Å²) in [7, 11) is 0. The number of amides is 3. The molecule has 0 bridgehead atoms. The summed E-state index contributed by atoms with van der Waals surface area (Å²) >= 11 is 0. The third kappa shape index (κ3) is 4.18. The summed E-state index contributed by atoms with van der Waals surface area (Å²) in [6.07, 6.45) is -0.606. The fourth-order valence-corrected chi connectivity index (χ4v) is 2.92. The molecule has 1 saturated heterocycles. The number of hydrogen-bond acceptors (Lipinski definition) is 4. The third-order valence-corrected chi connectivity index (χ3v) is 4.37. The highest BCUT2D eigenvalue weighted by atomic mass is 16.5. The van der Waals surface area contributed by atoms with Crippen LogP contribution in [-0.4, -0.2) is 55.0 Å². The van der Waals surface area contributed by atoms with Crippen molar-refractivity contribution in [3.63, 3.8) is 0 Å². The molecular weight excluding hydrogens is 334 g/mol. The van der Waals surface area contributed by atoms with Gasteiger partial charge in [-0.3, -0.25) is 14.4 Å². The quantitative estimate of drug-likeness (QED) is 0.823. The molecule has 3 amide bonds. The van der Waals surface area contributed by atoms with Gasteiger partial charge in [0.25, 0.3) is 5.91 Å². The Morgan fingerprint density at radius 3 is 2.69 bits per heavy atom. The van der Waals surface area contributed by atoms with Crippen molar-refractivity contribution >= 4 is 28.5 Å². The van der Waals surface area contributed by atoms with Gasteiger partial charge in [0.2, 0.25) is 11.8 Å². The van der Waals surface area contributed by atoms with Crippen molar-refractivity contribution in [2.45, 2.75) is 12.5 Å². The normalized spacial score (nSPS) is 17.1. The number of carbonyl (C=O) groups excluding carboxylic acids is 3. The van der Waals surface area contributed by atoms with Crippen LogP contribution in [0.4, 0.5) is 0 Å². The van der Waals surface area contributed by atoms with Gasteiger partial charge in [-0.05, 0) is 22.9 Å². The Kier molecular flexibility index (Phi) is 5.48. The summed E-state index contributed by atoms with van der Waals surface area (Å²) in [6, 6.07) is 13.3. The maximum atomic E-state index is 12.3.